The number of rotatable bonds is 3. The fourth-order valence-electron chi connectivity index (χ4n) is 1.34. The Balaban J connectivity index is 2.24. The molecule has 0 atom stereocenters. The molecule has 1 N–H and O–H groups in total. The first kappa shape index (κ1) is 12.6. The highest BCUT2D eigenvalue weighted by Gasteiger charge is 2.05. The zero-order valence-corrected chi connectivity index (χ0v) is 9.52. The molecule has 0 heterocycles. The van der Waals surface area contributed by atoms with Crippen molar-refractivity contribution in [2.24, 2.45) is 10.2 Å². The second-order valence-corrected chi connectivity index (χ2v) is 3.61. The third-order valence-corrected chi connectivity index (χ3v) is 2.25. The fourth-order valence-corrected chi connectivity index (χ4v) is 1.34. The van der Waals surface area contributed by atoms with Crippen molar-refractivity contribution in [2.45, 2.75) is 0 Å². The molecule has 0 radical (unpaired) electrons. The Bertz CT molecular complexity index is 658. The van der Waals surface area contributed by atoms with E-state index in [1.165, 1.54) is 30.3 Å². The number of phenols is 1. The molecule has 0 amide bonds. The Morgan fingerprint density at radius 2 is 1.79 bits per heavy atom. The van der Waals surface area contributed by atoms with Gasteiger partial charge in [-0.3, -0.25) is 10.1 Å². The fraction of sp³-hybridized carbons (Fsp3) is 0. The number of aromatic hydroxyl groups is 1. The van der Waals surface area contributed by atoms with Crippen LogP contribution in [0, 0.1) is 15.9 Å². The maximum atomic E-state index is 13.0. The number of nitro benzene ring substituents is 1. The second kappa shape index (κ2) is 5.21. The van der Waals surface area contributed by atoms with Gasteiger partial charge >= 0.3 is 0 Å². The third kappa shape index (κ3) is 3.09. The van der Waals surface area contributed by atoms with Gasteiger partial charge in [-0.05, 0) is 18.2 Å². The number of non-ortho nitro benzene ring substituents is 1. The number of phenolic OH excluding ortho intramolecular Hbond substituents is 1. The molecule has 7 heteroatoms. The van der Waals surface area contributed by atoms with Crippen LogP contribution in [-0.2, 0) is 0 Å². The summed E-state index contributed by atoms with van der Waals surface area (Å²) in [6.45, 7) is 0. The first-order chi connectivity index (χ1) is 9.06. The summed E-state index contributed by atoms with van der Waals surface area (Å²) < 4.78 is 13.0. The lowest BCUT2D eigenvalue weighted by Crippen LogP contribution is -1.85. The van der Waals surface area contributed by atoms with E-state index < -0.39 is 16.5 Å². The van der Waals surface area contributed by atoms with Crippen molar-refractivity contribution in [3.05, 3.63) is 58.4 Å². The van der Waals surface area contributed by atoms with Crippen LogP contribution < -0.4 is 0 Å². The molecular formula is C12H8FN3O3. The molecule has 0 spiro atoms. The van der Waals surface area contributed by atoms with Gasteiger partial charge in [-0.25, -0.2) is 4.39 Å². The SMILES string of the molecule is O=[N+]([O-])c1cccc(N=Nc2ccc(O)c(F)c2)c1. The van der Waals surface area contributed by atoms with Crippen LogP contribution in [-0.4, -0.2) is 10.0 Å². The number of nitro groups is 1. The molecule has 0 fully saturated rings. The summed E-state index contributed by atoms with van der Waals surface area (Å²) in [7, 11) is 0. The molecule has 2 aromatic rings. The van der Waals surface area contributed by atoms with Gasteiger partial charge < -0.3 is 5.11 Å². The molecule has 0 aliphatic carbocycles. The number of halogens is 1. The van der Waals surface area contributed by atoms with Crippen molar-refractivity contribution >= 4 is 17.1 Å². The van der Waals surface area contributed by atoms with E-state index in [1.54, 1.807) is 0 Å². The average molecular weight is 261 g/mol. The van der Waals surface area contributed by atoms with E-state index in [0.29, 0.717) is 0 Å². The Kier molecular flexibility index (Phi) is 3.46. The van der Waals surface area contributed by atoms with Crippen LogP contribution in [0.15, 0.2) is 52.7 Å². The zero-order valence-electron chi connectivity index (χ0n) is 9.52. The monoisotopic (exact) mass is 261 g/mol. The molecule has 0 aromatic heterocycles. The number of azo groups is 1. The molecule has 0 aliphatic rings. The van der Waals surface area contributed by atoms with Gasteiger partial charge in [-0.1, -0.05) is 6.07 Å². The van der Waals surface area contributed by atoms with E-state index in [1.807, 2.05) is 0 Å². The normalized spacial score (nSPS) is 10.8. The summed E-state index contributed by atoms with van der Waals surface area (Å²) in [6, 6.07) is 9.13. The van der Waals surface area contributed by atoms with E-state index in [-0.39, 0.29) is 17.1 Å². The highest BCUT2D eigenvalue weighted by molar-refractivity contribution is 5.47. The van der Waals surface area contributed by atoms with E-state index >= 15 is 0 Å². The maximum absolute atomic E-state index is 13.0. The Labute approximate surface area is 107 Å². The van der Waals surface area contributed by atoms with Crippen LogP contribution in [0.5, 0.6) is 5.75 Å². The average Bonchev–Trinajstić information content (AvgIpc) is 2.40. The predicted molar refractivity (Wildman–Crippen MR) is 65.3 cm³/mol. The number of nitrogens with zero attached hydrogens (tertiary/aromatic N) is 3. The van der Waals surface area contributed by atoms with Gasteiger partial charge in [-0.15, -0.1) is 0 Å². The summed E-state index contributed by atoms with van der Waals surface area (Å²) in [6.07, 6.45) is 0. The van der Waals surface area contributed by atoms with Crippen molar-refractivity contribution in [3.8, 4) is 5.75 Å². The summed E-state index contributed by atoms with van der Waals surface area (Å²) in [5.41, 5.74) is 0.373. The van der Waals surface area contributed by atoms with Crippen molar-refractivity contribution in [2.75, 3.05) is 0 Å². The molecule has 96 valence electrons. The van der Waals surface area contributed by atoms with E-state index in [2.05, 4.69) is 10.2 Å². The van der Waals surface area contributed by atoms with E-state index in [9.17, 15) is 14.5 Å². The molecule has 2 rings (SSSR count). The summed E-state index contributed by atoms with van der Waals surface area (Å²) in [4.78, 5) is 10.0. The summed E-state index contributed by atoms with van der Waals surface area (Å²) >= 11 is 0. The van der Waals surface area contributed by atoms with E-state index in [4.69, 9.17) is 5.11 Å². The van der Waals surface area contributed by atoms with Crippen LogP contribution in [0.2, 0.25) is 0 Å². The molecule has 0 bridgehead atoms. The number of hydrogen-bond acceptors (Lipinski definition) is 5. The van der Waals surface area contributed by atoms with Crippen molar-refractivity contribution < 1.29 is 14.4 Å². The van der Waals surface area contributed by atoms with Gasteiger partial charge in [-0.2, -0.15) is 10.2 Å². The summed E-state index contributed by atoms with van der Waals surface area (Å²) in [5.74, 6) is -1.29. The van der Waals surface area contributed by atoms with Crippen molar-refractivity contribution in [1.29, 1.82) is 0 Å². The Morgan fingerprint density at radius 3 is 2.42 bits per heavy atom. The first-order valence-electron chi connectivity index (χ1n) is 5.21. The van der Waals surface area contributed by atoms with Crippen LogP contribution in [0.3, 0.4) is 0 Å². The second-order valence-electron chi connectivity index (χ2n) is 3.61. The third-order valence-electron chi connectivity index (χ3n) is 2.25. The molecule has 0 unspecified atom stereocenters. The van der Waals surface area contributed by atoms with Gasteiger partial charge in [0.05, 0.1) is 16.3 Å². The molecule has 0 saturated heterocycles. The Hall–Kier alpha value is -2.83. The van der Waals surface area contributed by atoms with Crippen molar-refractivity contribution in [1.82, 2.24) is 0 Å². The molecule has 19 heavy (non-hydrogen) atoms. The molecule has 2 aromatic carbocycles. The lowest BCUT2D eigenvalue weighted by atomic mass is 10.3. The maximum Gasteiger partial charge on any atom is 0.271 e. The standard InChI is InChI=1S/C12H8FN3O3/c13-11-7-9(4-5-12(11)17)15-14-8-2-1-3-10(6-8)16(18)19/h1-7,17H. The molecule has 0 aliphatic heterocycles. The number of benzene rings is 2. The minimum Gasteiger partial charge on any atom is -0.505 e. The van der Waals surface area contributed by atoms with Crippen LogP contribution >= 0.6 is 0 Å². The zero-order chi connectivity index (χ0) is 13.8. The van der Waals surface area contributed by atoms with Gasteiger partial charge in [0.15, 0.2) is 11.6 Å². The first-order valence-corrected chi connectivity index (χ1v) is 5.21. The topological polar surface area (TPSA) is 88.1 Å². The molecule has 0 saturated carbocycles. The van der Waals surface area contributed by atoms with Gasteiger partial charge in [0.1, 0.15) is 0 Å². The van der Waals surface area contributed by atoms with Crippen LogP contribution in [0.1, 0.15) is 0 Å². The predicted octanol–water partition coefficient (Wildman–Crippen LogP) is 3.85. The quantitative estimate of drug-likeness (QED) is 0.517. The lowest BCUT2D eigenvalue weighted by molar-refractivity contribution is -0.384. The van der Waals surface area contributed by atoms with Crippen molar-refractivity contribution in [3.63, 3.8) is 0 Å². The lowest BCUT2D eigenvalue weighted by Gasteiger charge is -1.96. The minimum atomic E-state index is -0.810. The van der Waals surface area contributed by atoms with Crippen LogP contribution in [0.4, 0.5) is 21.5 Å². The minimum absolute atomic E-state index is 0.103. The smallest absolute Gasteiger partial charge is 0.271 e. The molecule has 6 nitrogen and oxygen atoms in total. The molecular weight excluding hydrogens is 253 g/mol. The highest BCUT2D eigenvalue weighted by Crippen LogP contribution is 2.25. The summed E-state index contributed by atoms with van der Waals surface area (Å²) in [5, 5.41) is 27.1. The largest absolute Gasteiger partial charge is 0.505 e. The van der Waals surface area contributed by atoms with Gasteiger partial charge in [0.2, 0.25) is 0 Å². The van der Waals surface area contributed by atoms with Gasteiger partial charge in [0.25, 0.3) is 5.69 Å². The number of hydrogen-bond donors (Lipinski definition) is 1. The van der Waals surface area contributed by atoms with Gasteiger partial charge in [0, 0.05) is 18.2 Å². The van der Waals surface area contributed by atoms with E-state index in [0.717, 1.165) is 12.1 Å². The van der Waals surface area contributed by atoms with Crippen LogP contribution in [0.25, 0.3) is 0 Å². The highest BCUT2D eigenvalue weighted by atomic mass is 19.1. The Morgan fingerprint density at radius 1 is 1.11 bits per heavy atom.